The van der Waals surface area contributed by atoms with Crippen LogP contribution in [0.2, 0.25) is 0 Å². The van der Waals surface area contributed by atoms with Crippen LogP contribution in [0.3, 0.4) is 0 Å². The SMILES string of the molecule is Cc1ccc(N=Nc2ccc(N=Nc3ccc(N=Nc4ccc(O)c5ccccc45)c4ccccc34)c3ccccc23)c(C(F)(F)F)c1. The number of fused-ring (bicyclic) bond motifs is 3. The van der Waals surface area contributed by atoms with Crippen molar-refractivity contribution in [1.29, 1.82) is 0 Å². The fourth-order valence-corrected chi connectivity index (χ4v) is 5.53. The van der Waals surface area contributed by atoms with Crippen molar-refractivity contribution in [1.82, 2.24) is 0 Å². The predicted molar refractivity (Wildman–Crippen MR) is 182 cm³/mol. The number of halogens is 3. The summed E-state index contributed by atoms with van der Waals surface area (Å²) in [6.45, 7) is 1.60. The molecule has 0 fully saturated rings. The van der Waals surface area contributed by atoms with E-state index >= 15 is 0 Å². The van der Waals surface area contributed by atoms with E-state index in [-0.39, 0.29) is 11.4 Å². The molecule has 0 aromatic heterocycles. The first-order chi connectivity index (χ1) is 23.3. The second-order valence-electron chi connectivity index (χ2n) is 11.1. The van der Waals surface area contributed by atoms with Crippen LogP contribution in [0.4, 0.5) is 47.3 Å². The van der Waals surface area contributed by atoms with Crippen molar-refractivity contribution in [3.05, 3.63) is 139 Å². The number of alkyl halides is 3. The van der Waals surface area contributed by atoms with Crippen LogP contribution in [0.25, 0.3) is 32.3 Å². The van der Waals surface area contributed by atoms with Crippen LogP contribution < -0.4 is 0 Å². The van der Waals surface area contributed by atoms with Crippen molar-refractivity contribution < 1.29 is 18.3 Å². The summed E-state index contributed by atoms with van der Waals surface area (Å²) >= 11 is 0. The van der Waals surface area contributed by atoms with Crippen molar-refractivity contribution >= 4 is 66.4 Å². The predicted octanol–water partition coefficient (Wildman–Crippen LogP) is 13.4. The molecular weight excluding hydrogens is 613 g/mol. The number of benzene rings is 7. The molecule has 0 radical (unpaired) electrons. The Bertz CT molecular complexity index is 2440. The van der Waals surface area contributed by atoms with Gasteiger partial charge in [0.2, 0.25) is 0 Å². The van der Waals surface area contributed by atoms with Gasteiger partial charge < -0.3 is 5.11 Å². The molecule has 1 N–H and O–H groups in total. The van der Waals surface area contributed by atoms with Crippen LogP contribution in [-0.2, 0) is 6.18 Å². The summed E-state index contributed by atoms with van der Waals surface area (Å²) in [7, 11) is 0. The standard InChI is InChI=1S/C38H25F3N6O/c1-23-14-15-36(30(22-23)38(39,40)41)47-46-34-19-18-32(26-10-4-5-11-27(26)34)43-42-31-16-17-33(25-9-3-2-8-24(25)31)44-45-35-20-21-37(48)29-13-7-6-12-28(29)35/h2-22,48H,1H3. The molecule has 0 unspecified atom stereocenters. The molecule has 48 heavy (non-hydrogen) atoms. The average molecular weight is 639 g/mol. The van der Waals surface area contributed by atoms with E-state index in [2.05, 4.69) is 30.7 Å². The van der Waals surface area contributed by atoms with Crippen LogP contribution >= 0.6 is 0 Å². The van der Waals surface area contributed by atoms with Crippen molar-refractivity contribution in [2.75, 3.05) is 0 Å². The van der Waals surface area contributed by atoms with Crippen LogP contribution in [0.5, 0.6) is 5.75 Å². The van der Waals surface area contributed by atoms with Crippen LogP contribution in [0.15, 0.2) is 158 Å². The van der Waals surface area contributed by atoms with Gasteiger partial charge in [0, 0.05) is 32.3 Å². The molecular formula is C38H25F3N6O. The largest absolute Gasteiger partial charge is 0.507 e. The minimum absolute atomic E-state index is 0.179. The van der Waals surface area contributed by atoms with Gasteiger partial charge in [-0.3, -0.25) is 0 Å². The minimum Gasteiger partial charge on any atom is -0.507 e. The lowest BCUT2D eigenvalue weighted by Gasteiger charge is -2.10. The number of hydrogen-bond donors (Lipinski definition) is 1. The monoisotopic (exact) mass is 638 g/mol. The second kappa shape index (κ2) is 12.5. The summed E-state index contributed by atoms with van der Waals surface area (Å²) < 4.78 is 40.9. The number of aryl methyl sites for hydroxylation is 1. The first kappa shape index (κ1) is 30.4. The van der Waals surface area contributed by atoms with Gasteiger partial charge in [-0.2, -0.15) is 13.2 Å². The Kier molecular flexibility index (Phi) is 7.90. The first-order valence-electron chi connectivity index (χ1n) is 14.9. The van der Waals surface area contributed by atoms with E-state index in [9.17, 15) is 18.3 Å². The zero-order valence-electron chi connectivity index (χ0n) is 25.4. The van der Waals surface area contributed by atoms with E-state index in [1.54, 1.807) is 37.3 Å². The summed E-state index contributed by atoms with van der Waals surface area (Å²) in [6.07, 6.45) is -4.56. The molecule has 10 heteroatoms. The van der Waals surface area contributed by atoms with E-state index in [4.69, 9.17) is 0 Å². The Morgan fingerprint density at radius 1 is 0.417 bits per heavy atom. The average Bonchev–Trinajstić information content (AvgIpc) is 3.10. The summed E-state index contributed by atoms with van der Waals surface area (Å²) in [5, 5.41) is 41.1. The highest BCUT2D eigenvalue weighted by atomic mass is 19.4. The Labute approximate surface area is 272 Å². The summed E-state index contributed by atoms with van der Waals surface area (Å²) in [6, 6.07) is 36.8. The summed E-state index contributed by atoms with van der Waals surface area (Å²) in [5.74, 6) is 0.179. The number of phenolic OH excluding ortho intramolecular Hbond substituents is 1. The maximum Gasteiger partial charge on any atom is 0.418 e. The molecule has 0 aliphatic carbocycles. The highest BCUT2D eigenvalue weighted by Crippen LogP contribution is 2.41. The van der Waals surface area contributed by atoms with E-state index in [0.29, 0.717) is 50.2 Å². The zero-order chi connectivity index (χ0) is 33.3. The van der Waals surface area contributed by atoms with Crippen molar-refractivity contribution in [2.45, 2.75) is 13.1 Å². The van der Waals surface area contributed by atoms with Gasteiger partial charge in [0.25, 0.3) is 0 Å². The lowest BCUT2D eigenvalue weighted by molar-refractivity contribution is -0.137. The van der Waals surface area contributed by atoms with Gasteiger partial charge in [-0.15, -0.1) is 30.7 Å². The van der Waals surface area contributed by atoms with Gasteiger partial charge in [-0.25, -0.2) is 0 Å². The molecule has 0 aliphatic heterocycles. The Morgan fingerprint density at radius 2 is 0.729 bits per heavy atom. The van der Waals surface area contributed by atoms with Gasteiger partial charge in [0.05, 0.1) is 39.7 Å². The molecule has 0 saturated carbocycles. The molecule has 7 nitrogen and oxygen atoms in total. The Balaban J connectivity index is 1.22. The molecule has 0 saturated heterocycles. The third-order valence-electron chi connectivity index (χ3n) is 7.89. The number of phenols is 1. The van der Waals surface area contributed by atoms with Gasteiger partial charge in [0.15, 0.2) is 0 Å². The third kappa shape index (κ3) is 5.99. The van der Waals surface area contributed by atoms with Crippen LogP contribution in [0, 0.1) is 6.92 Å². The van der Waals surface area contributed by atoms with E-state index < -0.39 is 11.7 Å². The number of azo groups is 3. The smallest absolute Gasteiger partial charge is 0.418 e. The number of nitrogens with zero attached hydrogens (tertiary/aromatic N) is 6. The lowest BCUT2D eigenvalue weighted by atomic mass is 10.1. The van der Waals surface area contributed by atoms with Gasteiger partial charge in [-0.1, -0.05) is 84.4 Å². The summed E-state index contributed by atoms with van der Waals surface area (Å²) in [4.78, 5) is 0. The van der Waals surface area contributed by atoms with Crippen LogP contribution in [-0.4, -0.2) is 5.11 Å². The quantitative estimate of drug-likeness (QED) is 0.180. The lowest BCUT2D eigenvalue weighted by Crippen LogP contribution is -2.05. The molecule has 7 aromatic rings. The van der Waals surface area contributed by atoms with E-state index in [0.717, 1.165) is 22.2 Å². The molecule has 0 heterocycles. The fraction of sp³-hybridized carbons (Fsp3) is 0.0526. The van der Waals surface area contributed by atoms with Crippen molar-refractivity contribution in [3.8, 4) is 5.75 Å². The molecule has 7 rings (SSSR count). The normalized spacial score (nSPS) is 12.4. The second-order valence-corrected chi connectivity index (χ2v) is 11.1. The maximum absolute atomic E-state index is 13.6. The molecule has 0 amide bonds. The van der Waals surface area contributed by atoms with E-state index in [1.165, 1.54) is 6.07 Å². The van der Waals surface area contributed by atoms with Crippen molar-refractivity contribution in [2.24, 2.45) is 30.7 Å². The highest BCUT2D eigenvalue weighted by molar-refractivity contribution is 6.01. The fourth-order valence-electron chi connectivity index (χ4n) is 5.53. The molecule has 0 aliphatic rings. The van der Waals surface area contributed by atoms with Crippen LogP contribution in [0.1, 0.15) is 11.1 Å². The van der Waals surface area contributed by atoms with Crippen molar-refractivity contribution in [3.63, 3.8) is 0 Å². The Morgan fingerprint density at radius 3 is 1.12 bits per heavy atom. The van der Waals surface area contributed by atoms with Gasteiger partial charge >= 0.3 is 6.18 Å². The first-order valence-corrected chi connectivity index (χ1v) is 14.9. The van der Waals surface area contributed by atoms with E-state index in [1.807, 2.05) is 84.9 Å². The molecule has 0 atom stereocenters. The Hall–Kier alpha value is -6.29. The molecule has 0 bridgehead atoms. The highest BCUT2D eigenvalue weighted by Gasteiger charge is 2.33. The number of rotatable bonds is 6. The molecule has 234 valence electrons. The topological polar surface area (TPSA) is 94.4 Å². The minimum atomic E-state index is -4.56. The molecule has 0 spiro atoms. The summed E-state index contributed by atoms with van der Waals surface area (Å²) in [5.41, 5.74) is 2.24. The third-order valence-corrected chi connectivity index (χ3v) is 7.89. The van der Waals surface area contributed by atoms with Gasteiger partial charge in [-0.05, 0) is 55.5 Å². The number of hydrogen-bond acceptors (Lipinski definition) is 7. The molecule has 7 aromatic carbocycles. The number of aromatic hydroxyl groups is 1. The van der Waals surface area contributed by atoms with Gasteiger partial charge in [0.1, 0.15) is 5.75 Å². The maximum atomic E-state index is 13.6. The zero-order valence-corrected chi connectivity index (χ0v) is 25.4.